The first-order valence-electron chi connectivity index (χ1n) is 5.79. The van der Waals surface area contributed by atoms with Crippen molar-refractivity contribution >= 4 is 16.8 Å². The fraction of sp³-hybridized carbons (Fsp3) is 0. The predicted molar refractivity (Wildman–Crippen MR) is 69.8 cm³/mol. The smallest absolute Gasteiger partial charge is 0.236 e. The Labute approximate surface area is 103 Å². The molecular weight excluding hydrogens is 224 g/mol. The van der Waals surface area contributed by atoms with Gasteiger partial charge in [0.1, 0.15) is 5.82 Å². The molecule has 4 nitrogen and oxygen atoms in total. The fourth-order valence-corrected chi connectivity index (χ4v) is 2.17. The second kappa shape index (κ2) is 3.43. The van der Waals surface area contributed by atoms with E-state index in [0.717, 1.165) is 22.6 Å². The van der Waals surface area contributed by atoms with Crippen LogP contribution in [0.3, 0.4) is 0 Å². The van der Waals surface area contributed by atoms with Crippen LogP contribution in [-0.2, 0) is 0 Å². The third kappa shape index (κ3) is 1.26. The van der Waals surface area contributed by atoms with Crippen molar-refractivity contribution in [1.29, 1.82) is 0 Å². The van der Waals surface area contributed by atoms with Gasteiger partial charge in [0.15, 0.2) is 0 Å². The van der Waals surface area contributed by atoms with Gasteiger partial charge in [0.05, 0.1) is 11.0 Å². The standard InChI is InChI=1S/C14H10N4/c1-2-6-12-11(5-1)15-14-16-13(7-10-18(12)14)17-8-3-4-9-17/h1-10H. The Morgan fingerprint density at radius 1 is 0.778 bits per heavy atom. The molecule has 3 aromatic heterocycles. The third-order valence-corrected chi connectivity index (χ3v) is 3.03. The molecule has 0 bridgehead atoms. The summed E-state index contributed by atoms with van der Waals surface area (Å²) in [5.74, 6) is 1.60. The minimum Gasteiger partial charge on any atom is -0.309 e. The predicted octanol–water partition coefficient (Wildman–Crippen LogP) is 2.67. The van der Waals surface area contributed by atoms with Crippen LogP contribution in [-0.4, -0.2) is 18.9 Å². The molecule has 0 atom stereocenters. The third-order valence-electron chi connectivity index (χ3n) is 3.03. The highest BCUT2D eigenvalue weighted by Gasteiger charge is 2.05. The van der Waals surface area contributed by atoms with Crippen molar-refractivity contribution in [3.05, 3.63) is 61.1 Å². The summed E-state index contributed by atoms with van der Waals surface area (Å²) in [4.78, 5) is 9.09. The van der Waals surface area contributed by atoms with Crippen molar-refractivity contribution in [3.8, 4) is 5.82 Å². The monoisotopic (exact) mass is 234 g/mol. The quantitative estimate of drug-likeness (QED) is 0.507. The van der Waals surface area contributed by atoms with Gasteiger partial charge in [-0.3, -0.25) is 4.40 Å². The average molecular weight is 234 g/mol. The maximum atomic E-state index is 4.57. The molecule has 0 radical (unpaired) electrons. The van der Waals surface area contributed by atoms with Crippen molar-refractivity contribution in [2.45, 2.75) is 0 Å². The second-order valence-electron chi connectivity index (χ2n) is 4.15. The molecule has 0 amide bonds. The van der Waals surface area contributed by atoms with Crippen LogP contribution in [0.5, 0.6) is 0 Å². The van der Waals surface area contributed by atoms with E-state index in [1.54, 1.807) is 0 Å². The lowest BCUT2D eigenvalue weighted by Gasteiger charge is -2.01. The zero-order chi connectivity index (χ0) is 11.9. The molecule has 1 aromatic carbocycles. The Bertz CT molecular complexity index is 827. The van der Waals surface area contributed by atoms with Gasteiger partial charge in [-0.15, -0.1) is 0 Å². The molecule has 0 aliphatic heterocycles. The Morgan fingerprint density at radius 2 is 1.61 bits per heavy atom. The van der Waals surface area contributed by atoms with Crippen molar-refractivity contribution in [2.75, 3.05) is 0 Å². The molecule has 0 unspecified atom stereocenters. The molecule has 4 heteroatoms. The van der Waals surface area contributed by atoms with Gasteiger partial charge >= 0.3 is 0 Å². The van der Waals surface area contributed by atoms with Gasteiger partial charge in [0.2, 0.25) is 5.78 Å². The first kappa shape index (κ1) is 9.41. The number of benzene rings is 1. The van der Waals surface area contributed by atoms with Gasteiger partial charge in [-0.2, -0.15) is 4.98 Å². The van der Waals surface area contributed by atoms with E-state index in [0.29, 0.717) is 0 Å². The van der Waals surface area contributed by atoms with Gasteiger partial charge in [-0.1, -0.05) is 12.1 Å². The molecule has 18 heavy (non-hydrogen) atoms. The van der Waals surface area contributed by atoms with Crippen LogP contribution in [0.2, 0.25) is 0 Å². The summed E-state index contributed by atoms with van der Waals surface area (Å²) in [7, 11) is 0. The van der Waals surface area contributed by atoms with E-state index in [1.807, 2.05) is 70.0 Å². The largest absolute Gasteiger partial charge is 0.309 e. The number of imidazole rings is 1. The molecule has 86 valence electrons. The molecular formula is C14H10N4. The Hall–Kier alpha value is -2.62. The summed E-state index contributed by atoms with van der Waals surface area (Å²) in [6.45, 7) is 0. The SMILES string of the molecule is c1ccc2c(c1)nc1nc(-n3cccc3)ccn12. The number of nitrogens with zero attached hydrogens (tertiary/aromatic N) is 4. The summed E-state index contributed by atoms with van der Waals surface area (Å²) in [6.07, 6.45) is 5.95. The Morgan fingerprint density at radius 3 is 2.50 bits per heavy atom. The summed E-state index contributed by atoms with van der Waals surface area (Å²) in [6, 6.07) is 14.0. The number of fused-ring (bicyclic) bond motifs is 3. The van der Waals surface area contributed by atoms with Gasteiger partial charge in [0.25, 0.3) is 0 Å². The van der Waals surface area contributed by atoms with Crippen molar-refractivity contribution in [2.24, 2.45) is 0 Å². The molecule has 0 N–H and O–H groups in total. The molecule has 0 aliphatic carbocycles. The molecule has 0 spiro atoms. The lowest BCUT2D eigenvalue weighted by Crippen LogP contribution is -1.97. The van der Waals surface area contributed by atoms with Crippen LogP contribution in [0.15, 0.2) is 61.1 Å². The highest BCUT2D eigenvalue weighted by atomic mass is 15.1. The minimum absolute atomic E-state index is 0.724. The number of hydrogen-bond donors (Lipinski definition) is 0. The zero-order valence-corrected chi connectivity index (χ0v) is 9.56. The lowest BCUT2D eigenvalue weighted by molar-refractivity contribution is 0.985. The van der Waals surface area contributed by atoms with Gasteiger partial charge < -0.3 is 4.57 Å². The van der Waals surface area contributed by atoms with Crippen molar-refractivity contribution < 1.29 is 0 Å². The highest BCUT2D eigenvalue weighted by molar-refractivity contribution is 5.79. The van der Waals surface area contributed by atoms with E-state index in [1.165, 1.54) is 0 Å². The lowest BCUT2D eigenvalue weighted by atomic mass is 10.3. The van der Waals surface area contributed by atoms with Crippen molar-refractivity contribution in [3.63, 3.8) is 0 Å². The van der Waals surface area contributed by atoms with E-state index < -0.39 is 0 Å². The van der Waals surface area contributed by atoms with Crippen LogP contribution < -0.4 is 0 Å². The normalized spacial score (nSPS) is 11.3. The maximum Gasteiger partial charge on any atom is 0.236 e. The fourth-order valence-electron chi connectivity index (χ4n) is 2.17. The van der Waals surface area contributed by atoms with Crippen LogP contribution in [0.25, 0.3) is 22.6 Å². The van der Waals surface area contributed by atoms with Crippen LogP contribution >= 0.6 is 0 Å². The van der Waals surface area contributed by atoms with Gasteiger partial charge in [-0.25, -0.2) is 4.98 Å². The molecule has 0 aliphatic rings. The molecule has 4 aromatic rings. The Kier molecular flexibility index (Phi) is 1.80. The maximum absolute atomic E-state index is 4.57. The zero-order valence-electron chi connectivity index (χ0n) is 9.56. The summed E-state index contributed by atoms with van der Waals surface area (Å²) in [5.41, 5.74) is 2.05. The van der Waals surface area contributed by atoms with Crippen LogP contribution in [0.4, 0.5) is 0 Å². The Balaban J connectivity index is 2.04. The van der Waals surface area contributed by atoms with E-state index >= 15 is 0 Å². The number of aromatic nitrogens is 4. The summed E-state index contributed by atoms with van der Waals surface area (Å²) < 4.78 is 3.97. The summed E-state index contributed by atoms with van der Waals surface area (Å²) in [5, 5.41) is 0. The highest BCUT2D eigenvalue weighted by Crippen LogP contribution is 2.16. The van der Waals surface area contributed by atoms with E-state index in [2.05, 4.69) is 9.97 Å². The topological polar surface area (TPSA) is 35.1 Å². The minimum atomic E-state index is 0.724. The number of hydrogen-bond acceptors (Lipinski definition) is 2. The molecule has 0 saturated carbocycles. The van der Waals surface area contributed by atoms with Crippen molar-refractivity contribution in [1.82, 2.24) is 18.9 Å². The van der Waals surface area contributed by atoms with Crippen LogP contribution in [0.1, 0.15) is 0 Å². The number of rotatable bonds is 1. The second-order valence-corrected chi connectivity index (χ2v) is 4.15. The average Bonchev–Trinajstić information content (AvgIpc) is 3.05. The molecule has 0 saturated heterocycles. The summed E-state index contributed by atoms with van der Waals surface area (Å²) >= 11 is 0. The number of para-hydroxylation sites is 2. The molecule has 0 fully saturated rings. The first-order valence-corrected chi connectivity index (χ1v) is 5.79. The molecule has 3 heterocycles. The molecule has 4 rings (SSSR count). The van der Waals surface area contributed by atoms with Gasteiger partial charge in [-0.05, 0) is 30.3 Å². The van der Waals surface area contributed by atoms with E-state index in [4.69, 9.17) is 0 Å². The van der Waals surface area contributed by atoms with E-state index in [-0.39, 0.29) is 0 Å². The van der Waals surface area contributed by atoms with Gasteiger partial charge in [0, 0.05) is 18.6 Å². The van der Waals surface area contributed by atoms with E-state index in [9.17, 15) is 0 Å². The first-order chi connectivity index (χ1) is 8.92. The van der Waals surface area contributed by atoms with Crippen LogP contribution in [0, 0.1) is 0 Å².